The maximum Gasteiger partial charge on any atom is 1.00 e. The molecule has 0 radical (unpaired) electrons. The molecule has 122 valence electrons. The molecular formula is C15H31KO4S. The van der Waals surface area contributed by atoms with Crippen molar-refractivity contribution < 1.29 is 69.5 Å². The molecule has 0 amide bonds. The van der Waals surface area contributed by atoms with Crippen molar-refractivity contribution in [2.24, 2.45) is 0 Å². The second-order valence-corrected chi connectivity index (χ2v) is 7.20. The maximum atomic E-state index is 10.4. The van der Waals surface area contributed by atoms with Gasteiger partial charge in [-0.1, -0.05) is 64.7 Å². The van der Waals surface area contributed by atoms with Gasteiger partial charge in [-0.3, -0.25) is 0 Å². The molecule has 1 atom stereocenters. The van der Waals surface area contributed by atoms with Crippen molar-refractivity contribution in [1.82, 2.24) is 0 Å². The van der Waals surface area contributed by atoms with Gasteiger partial charge in [-0.15, -0.1) is 0 Å². The van der Waals surface area contributed by atoms with Gasteiger partial charge in [-0.25, -0.2) is 8.42 Å². The summed E-state index contributed by atoms with van der Waals surface area (Å²) in [4.78, 5) is 0. The third-order valence-electron chi connectivity index (χ3n) is 3.57. The fourth-order valence-corrected chi connectivity index (χ4v) is 2.87. The molecule has 1 unspecified atom stereocenters. The number of unbranched alkanes of at least 4 members (excludes halogenated alkanes) is 8. The zero-order chi connectivity index (χ0) is 15.3. The molecule has 0 aromatic heterocycles. The topological polar surface area (TPSA) is 77.4 Å². The molecule has 0 fully saturated rings. The maximum absolute atomic E-state index is 10.4. The van der Waals surface area contributed by atoms with Gasteiger partial charge in [0.1, 0.15) is 0 Å². The van der Waals surface area contributed by atoms with Gasteiger partial charge in [-0.05, 0) is 19.3 Å². The minimum absolute atomic E-state index is 0. The summed E-state index contributed by atoms with van der Waals surface area (Å²) in [5, 5.41) is 9.74. The smallest absolute Gasteiger partial charge is 0.748 e. The van der Waals surface area contributed by atoms with E-state index in [2.05, 4.69) is 6.92 Å². The van der Waals surface area contributed by atoms with Crippen molar-refractivity contribution >= 4 is 10.1 Å². The Bertz CT molecular complexity index is 307. The fraction of sp³-hybridized carbons (Fsp3) is 1.00. The van der Waals surface area contributed by atoms with Crippen LogP contribution in [0.25, 0.3) is 0 Å². The second-order valence-electron chi connectivity index (χ2n) is 5.67. The van der Waals surface area contributed by atoms with E-state index >= 15 is 0 Å². The summed E-state index contributed by atoms with van der Waals surface area (Å²) >= 11 is 0. The Kier molecular flexibility index (Phi) is 19.3. The van der Waals surface area contributed by atoms with Crippen molar-refractivity contribution in [2.45, 2.75) is 90.1 Å². The summed E-state index contributed by atoms with van der Waals surface area (Å²) in [6.07, 6.45) is 11.9. The molecule has 0 heterocycles. The SMILES string of the molecule is CCCCCC(O)CCCCCCCCCS(=O)(=O)[O-].[K+]. The van der Waals surface area contributed by atoms with Crippen molar-refractivity contribution in [3.8, 4) is 0 Å². The molecule has 0 aliphatic carbocycles. The summed E-state index contributed by atoms with van der Waals surface area (Å²) in [6, 6.07) is 0. The molecule has 0 aliphatic heterocycles. The molecule has 4 nitrogen and oxygen atoms in total. The number of aliphatic hydroxyl groups is 1. The van der Waals surface area contributed by atoms with Gasteiger partial charge in [0.25, 0.3) is 0 Å². The van der Waals surface area contributed by atoms with Gasteiger partial charge in [0.15, 0.2) is 0 Å². The van der Waals surface area contributed by atoms with Crippen LogP contribution in [0, 0.1) is 0 Å². The van der Waals surface area contributed by atoms with E-state index in [9.17, 15) is 18.1 Å². The zero-order valence-corrected chi connectivity index (χ0v) is 17.8. The van der Waals surface area contributed by atoms with Crippen LogP contribution >= 0.6 is 0 Å². The van der Waals surface area contributed by atoms with Crippen LogP contribution in [0.1, 0.15) is 84.0 Å². The quantitative estimate of drug-likeness (QED) is 0.284. The van der Waals surface area contributed by atoms with E-state index in [-0.39, 0.29) is 63.2 Å². The third-order valence-corrected chi connectivity index (χ3v) is 4.36. The largest absolute Gasteiger partial charge is 1.00 e. The molecule has 0 saturated carbocycles. The van der Waals surface area contributed by atoms with E-state index in [1.807, 2.05) is 0 Å². The minimum atomic E-state index is -4.02. The van der Waals surface area contributed by atoms with E-state index in [1.54, 1.807) is 0 Å². The van der Waals surface area contributed by atoms with Gasteiger partial charge < -0.3 is 9.66 Å². The van der Waals surface area contributed by atoms with E-state index < -0.39 is 10.1 Å². The minimum Gasteiger partial charge on any atom is -0.748 e. The Balaban J connectivity index is 0. The Hall–Kier alpha value is 1.51. The van der Waals surface area contributed by atoms with Gasteiger partial charge in [-0.2, -0.15) is 0 Å². The molecule has 6 heteroatoms. The van der Waals surface area contributed by atoms with Crippen LogP contribution in [0.2, 0.25) is 0 Å². The van der Waals surface area contributed by atoms with Crippen LogP contribution < -0.4 is 51.4 Å². The van der Waals surface area contributed by atoms with Crippen LogP contribution in [0.4, 0.5) is 0 Å². The monoisotopic (exact) mass is 346 g/mol. The van der Waals surface area contributed by atoms with Gasteiger partial charge in [0, 0.05) is 5.75 Å². The van der Waals surface area contributed by atoms with Crippen LogP contribution in [-0.4, -0.2) is 29.9 Å². The summed E-state index contributed by atoms with van der Waals surface area (Å²) in [5.74, 6) is -0.225. The number of hydrogen-bond donors (Lipinski definition) is 1. The summed E-state index contributed by atoms with van der Waals surface area (Å²) < 4.78 is 31.2. The van der Waals surface area contributed by atoms with E-state index in [1.165, 1.54) is 12.8 Å². The van der Waals surface area contributed by atoms with Gasteiger partial charge >= 0.3 is 51.4 Å². The molecule has 0 aromatic rings. The molecule has 0 spiro atoms. The van der Waals surface area contributed by atoms with Crippen molar-refractivity contribution in [3.63, 3.8) is 0 Å². The van der Waals surface area contributed by atoms with Crippen molar-refractivity contribution in [2.75, 3.05) is 5.75 Å². The normalized spacial score (nSPS) is 12.9. The van der Waals surface area contributed by atoms with Crippen LogP contribution in [-0.2, 0) is 10.1 Å². The summed E-state index contributed by atoms with van der Waals surface area (Å²) in [6.45, 7) is 2.17. The first kappa shape index (κ1) is 24.8. The summed E-state index contributed by atoms with van der Waals surface area (Å²) in [7, 11) is -4.02. The van der Waals surface area contributed by atoms with Crippen molar-refractivity contribution in [3.05, 3.63) is 0 Å². The molecule has 0 aromatic carbocycles. The van der Waals surface area contributed by atoms with Gasteiger partial charge in [0.05, 0.1) is 16.2 Å². The van der Waals surface area contributed by atoms with Crippen LogP contribution in [0.5, 0.6) is 0 Å². The Labute approximate surface area is 173 Å². The van der Waals surface area contributed by atoms with Gasteiger partial charge in [0.2, 0.25) is 0 Å². The number of aliphatic hydroxyl groups excluding tert-OH is 1. The average molecular weight is 347 g/mol. The third kappa shape index (κ3) is 21.5. The van der Waals surface area contributed by atoms with E-state index in [0.717, 1.165) is 57.8 Å². The molecular weight excluding hydrogens is 315 g/mol. The first-order valence-electron chi connectivity index (χ1n) is 8.07. The molecule has 0 rings (SSSR count). The molecule has 0 aliphatic rings. The number of rotatable bonds is 14. The Morgan fingerprint density at radius 2 is 1.29 bits per heavy atom. The van der Waals surface area contributed by atoms with Crippen LogP contribution in [0.15, 0.2) is 0 Å². The zero-order valence-electron chi connectivity index (χ0n) is 13.8. The first-order valence-corrected chi connectivity index (χ1v) is 9.65. The van der Waals surface area contributed by atoms with E-state index in [4.69, 9.17) is 0 Å². The molecule has 21 heavy (non-hydrogen) atoms. The average Bonchev–Trinajstić information content (AvgIpc) is 2.36. The van der Waals surface area contributed by atoms with E-state index in [0.29, 0.717) is 6.42 Å². The second kappa shape index (κ2) is 16.4. The van der Waals surface area contributed by atoms with Crippen LogP contribution in [0.3, 0.4) is 0 Å². The van der Waals surface area contributed by atoms with Crippen molar-refractivity contribution in [1.29, 1.82) is 0 Å². The standard InChI is InChI=1S/C15H32O4S.K/c1-2-3-9-12-15(16)13-10-7-5-4-6-8-11-14-20(17,18)19;/h15-16H,2-14H2,1H3,(H,17,18,19);/q;+1/p-1. The molecule has 0 saturated heterocycles. The Morgan fingerprint density at radius 1 is 0.857 bits per heavy atom. The molecule has 0 bridgehead atoms. The molecule has 1 N–H and O–H groups in total. The number of hydrogen-bond acceptors (Lipinski definition) is 4. The summed E-state index contributed by atoms with van der Waals surface area (Å²) in [5.41, 5.74) is 0. The Morgan fingerprint density at radius 3 is 1.76 bits per heavy atom. The first-order chi connectivity index (χ1) is 9.45. The predicted molar refractivity (Wildman–Crippen MR) is 81.6 cm³/mol. The fourth-order valence-electron chi connectivity index (χ4n) is 2.32. The predicted octanol–water partition coefficient (Wildman–Crippen LogP) is 0.598.